The molecule has 10 heteroatoms. The Morgan fingerprint density at radius 3 is 2.58 bits per heavy atom. The number of nitrogens with zero attached hydrogens (tertiary/aromatic N) is 5. The zero-order valence-electron chi connectivity index (χ0n) is 19.7. The summed E-state index contributed by atoms with van der Waals surface area (Å²) in [4.78, 5) is 15.8. The van der Waals surface area contributed by atoms with E-state index in [0.29, 0.717) is 22.5 Å². The largest absolute Gasteiger partial charge is 0.369 e. The molecule has 0 bridgehead atoms. The van der Waals surface area contributed by atoms with Crippen LogP contribution in [0.5, 0.6) is 0 Å². The van der Waals surface area contributed by atoms with Gasteiger partial charge >= 0.3 is 0 Å². The van der Waals surface area contributed by atoms with E-state index in [4.69, 9.17) is 0 Å². The number of pyridine rings is 1. The lowest BCUT2D eigenvalue weighted by Crippen LogP contribution is -2.43. The Morgan fingerprint density at radius 2 is 1.78 bits per heavy atom. The highest BCUT2D eigenvalue weighted by Gasteiger charge is 2.23. The number of anilines is 3. The molecule has 5 aromatic rings. The summed E-state index contributed by atoms with van der Waals surface area (Å²) in [6.45, 7) is 5.84. The molecule has 0 aliphatic carbocycles. The van der Waals surface area contributed by atoms with Crippen LogP contribution in [0, 0.1) is 6.92 Å². The lowest BCUT2D eigenvalue weighted by atomic mass is 10.1. The summed E-state index contributed by atoms with van der Waals surface area (Å²) in [7, 11) is -3.95. The first-order valence-electron chi connectivity index (χ1n) is 11.8. The molecule has 0 saturated carbocycles. The Labute approximate surface area is 208 Å². The van der Waals surface area contributed by atoms with Crippen molar-refractivity contribution in [2.45, 2.75) is 11.8 Å². The third-order valence-electron chi connectivity index (χ3n) is 6.49. The van der Waals surface area contributed by atoms with Gasteiger partial charge in [0.15, 0.2) is 5.65 Å². The average Bonchev–Trinajstić information content (AvgIpc) is 3.34. The summed E-state index contributed by atoms with van der Waals surface area (Å²) < 4.78 is 28.6. The van der Waals surface area contributed by atoms with E-state index in [9.17, 15) is 8.42 Å². The first-order chi connectivity index (χ1) is 17.5. The lowest BCUT2D eigenvalue weighted by Gasteiger charge is -2.29. The van der Waals surface area contributed by atoms with E-state index < -0.39 is 10.0 Å². The molecule has 182 valence electrons. The van der Waals surface area contributed by atoms with Gasteiger partial charge in [-0.05, 0) is 55.0 Å². The number of hydrogen-bond acceptors (Lipinski definition) is 8. The van der Waals surface area contributed by atoms with Crippen LogP contribution in [0.25, 0.3) is 21.9 Å². The maximum atomic E-state index is 13.7. The van der Waals surface area contributed by atoms with Crippen LogP contribution in [0.3, 0.4) is 0 Å². The van der Waals surface area contributed by atoms with Crippen LogP contribution in [0.1, 0.15) is 5.56 Å². The summed E-state index contributed by atoms with van der Waals surface area (Å²) in [6.07, 6.45) is 4.76. The molecule has 0 amide bonds. The summed E-state index contributed by atoms with van der Waals surface area (Å²) in [5, 5.41) is 7.99. The molecule has 4 heterocycles. The van der Waals surface area contributed by atoms with Gasteiger partial charge in [0.05, 0.1) is 5.52 Å². The van der Waals surface area contributed by atoms with Crippen LogP contribution in [0.15, 0.2) is 78.1 Å². The minimum absolute atomic E-state index is 0.137. The lowest BCUT2D eigenvalue weighted by molar-refractivity contribution is 0.589. The second-order valence-electron chi connectivity index (χ2n) is 8.78. The number of fused-ring (bicyclic) bond motifs is 2. The molecule has 2 N–H and O–H groups in total. The molecular formula is C26H25N7O2S. The van der Waals surface area contributed by atoms with Crippen LogP contribution < -0.4 is 15.5 Å². The minimum Gasteiger partial charge on any atom is -0.369 e. The molecule has 0 atom stereocenters. The van der Waals surface area contributed by atoms with Crippen molar-refractivity contribution in [2.24, 2.45) is 0 Å². The highest BCUT2D eigenvalue weighted by molar-refractivity contribution is 7.90. The molecule has 36 heavy (non-hydrogen) atoms. The smallest absolute Gasteiger partial charge is 0.271 e. The fourth-order valence-corrected chi connectivity index (χ4v) is 6.02. The van der Waals surface area contributed by atoms with Crippen molar-refractivity contribution in [2.75, 3.05) is 36.4 Å². The van der Waals surface area contributed by atoms with Crippen LogP contribution in [-0.4, -0.2) is 53.5 Å². The molecule has 3 aromatic heterocycles. The predicted molar refractivity (Wildman–Crippen MR) is 141 cm³/mol. The van der Waals surface area contributed by atoms with Gasteiger partial charge in [-0.2, -0.15) is 4.98 Å². The quantitative estimate of drug-likeness (QED) is 0.377. The van der Waals surface area contributed by atoms with E-state index in [1.54, 1.807) is 30.6 Å². The Hall–Kier alpha value is -4.02. The van der Waals surface area contributed by atoms with Gasteiger partial charge in [0.1, 0.15) is 4.90 Å². The van der Waals surface area contributed by atoms with Gasteiger partial charge in [-0.25, -0.2) is 17.4 Å². The molecule has 1 saturated heterocycles. The molecule has 1 aliphatic heterocycles. The first-order valence-corrected chi connectivity index (χ1v) is 13.2. The van der Waals surface area contributed by atoms with Gasteiger partial charge in [-0.15, -0.1) is 0 Å². The van der Waals surface area contributed by atoms with Crippen molar-refractivity contribution in [3.05, 3.63) is 78.8 Å². The zero-order valence-corrected chi connectivity index (χ0v) is 20.5. The number of rotatable bonds is 5. The normalized spacial score (nSPS) is 14.4. The second kappa shape index (κ2) is 8.89. The highest BCUT2D eigenvalue weighted by atomic mass is 32.2. The fraction of sp³-hybridized carbons (Fsp3) is 0.192. The summed E-state index contributed by atoms with van der Waals surface area (Å²) >= 11 is 0. The number of nitrogens with one attached hydrogen (secondary N) is 2. The van der Waals surface area contributed by atoms with Crippen molar-refractivity contribution in [1.29, 1.82) is 0 Å². The molecule has 0 radical (unpaired) electrons. The maximum absolute atomic E-state index is 13.7. The van der Waals surface area contributed by atoms with Gasteiger partial charge in [0.25, 0.3) is 10.0 Å². The van der Waals surface area contributed by atoms with E-state index in [1.807, 2.05) is 31.2 Å². The van der Waals surface area contributed by atoms with E-state index in [-0.39, 0.29) is 4.90 Å². The molecule has 6 rings (SSSR count). The van der Waals surface area contributed by atoms with E-state index in [1.165, 1.54) is 10.2 Å². The Bertz CT molecular complexity index is 1670. The molecule has 1 aliphatic rings. The van der Waals surface area contributed by atoms with E-state index >= 15 is 0 Å². The molecule has 2 aromatic carbocycles. The SMILES string of the molecule is Cc1ccnc2c(S(=O)(=O)n3ccc4cnc(Nc5ccc(N6CCNCC6)cc5)nc43)cccc12. The van der Waals surface area contributed by atoms with Crippen molar-refractivity contribution in [1.82, 2.24) is 24.2 Å². The molecule has 0 unspecified atom stereocenters. The van der Waals surface area contributed by atoms with Crippen molar-refractivity contribution >= 4 is 49.3 Å². The highest BCUT2D eigenvalue weighted by Crippen LogP contribution is 2.28. The number of aromatic nitrogens is 4. The summed E-state index contributed by atoms with van der Waals surface area (Å²) in [5.41, 5.74) is 3.69. The number of piperazine rings is 1. The number of para-hydroxylation sites is 1. The van der Waals surface area contributed by atoms with Crippen LogP contribution in [0.4, 0.5) is 17.3 Å². The predicted octanol–water partition coefficient (Wildman–Crippen LogP) is 3.68. The third kappa shape index (κ3) is 3.94. The Kier molecular flexibility index (Phi) is 5.54. The van der Waals surface area contributed by atoms with Gasteiger partial charge < -0.3 is 15.5 Å². The number of benzene rings is 2. The average molecular weight is 500 g/mol. The van der Waals surface area contributed by atoms with Gasteiger partial charge in [-0.1, -0.05) is 12.1 Å². The van der Waals surface area contributed by atoms with E-state index in [0.717, 1.165) is 48.5 Å². The Morgan fingerprint density at radius 1 is 0.972 bits per heavy atom. The molecule has 1 fully saturated rings. The van der Waals surface area contributed by atoms with Crippen LogP contribution in [-0.2, 0) is 10.0 Å². The van der Waals surface area contributed by atoms with Gasteiger partial charge in [0, 0.05) is 66.9 Å². The Balaban J connectivity index is 1.34. The van der Waals surface area contributed by atoms with Gasteiger partial charge in [0.2, 0.25) is 5.95 Å². The number of hydrogen-bond donors (Lipinski definition) is 2. The first kappa shape index (κ1) is 22.4. The summed E-state index contributed by atoms with van der Waals surface area (Å²) in [6, 6.07) is 16.8. The standard InChI is InChI=1S/C26H25N7O2S/c1-18-9-11-28-24-22(18)3-2-4-23(24)36(34,35)33-14-10-19-17-29-26(31-25(19)33)30-20-5-7-21(8-6-20)32-15-12-27-13-16-32/h2-11,14,17,27H,12-13,15-16H2,1H3,(H,29,30,31). The second-order valence-corrected chi connectivity index (χ2v) is 10.6. The van der Waals surface area contributed by atoms with Crippen LogP contribution >= 0.6 is 0 Å². The van der Waals surface area contributed by atoms with E-state index in [2.05, 4.69) is 42.6 Å². The topological polar surface area (TPSA) is 105 Å². The molecular weight excluding hydrogens is 474 g/mol. The molecule has 9 nitrogen and oxygen atoms in total. The number of aryl methyl sites for hydroxylation is 1. The van der Waals surface area contributed by atoms with Crippen LogP contribution in [0.2, 0.25) is 0 Å². The van der Waals surface area contributed by atoms with Crippen molar-refractivity contribution in [3.8, 4) is 0 Å². The summed E-state index contributed by atoms with van der Waals surface area (Å²) in [5.74, 6) is 0.319. The zero-order chi connectivity index (χ0) is 24.7. The molecule has 0 spiro atoms. The van der Waals surface area contributed by atoms with Crippen molar-refractivity contribution < 1.29 is 8.42 Å². The minimum atomic E-state index is -3.95. The third-order valence-corrected chi connectivity index (χ3v) is 8.19. The van der Waals surface area contributed by atoms with Gasteiger partial charge in [-0.3, -0.25) is 4.98 Å². The van der Waals surface area contributed by atoms with Crippen molar-refractivity contribution in [3.63, 3.8) is 0 Å². The maximum Gasteiger partial charge on any atom is 0.271 e. The fourth-order valence-electron chi connectivity index (χ4n) is 4.56. The monoisotopic (exact) mass is 499 g/mol.